The molecule has 2 aromatic rings. The second-order valence-electron chi connectivity index (χ2n) is 5.68. The number of carbonyl (C=O) groups excluding carboxylic acids is 3. The molecule has 2 amide bonds. The molecular formula is C20H22N2O5. The van der Waals surface area contributed by atoms with Crippen LogP contribution in [0.2, 0.25) is 0 Å². The van der Waals surface area contributed by atoms with Crippen molar-refractivity contribution in [1.29, 1.82) is 0 Å². The Kier molecular flexibility index (Phi) is 7.99. The Hall–Kier alpha value is -3.19. The zero-order valence-electron chi connectivity index (χ0n) is 15.1. The zero-order chi connectivity index (χ0) is 19.5. The number of hydrogen-bond donors (Lipinski definition) is 2. The third kappa shape index (κ3) is 6.91. The number of para-hydroxylation sites is 1. The number of anilines is 1. The van der Waals surface area contributed by atoms with Gasteiger partial charge in [0.2, 0.25) is 0 Å². The van der Waals surface area contributed by atoms with Gasteiger partial charge < -0.3 is 20.1 Å². The number of ether oxygens (including phenoxy) is 2. The molecule has 0 aliphatic carbocycles. The molecule has 0 bridgehead atoms. The van der Waals surface area contributed by atoms with E-state index in [0.29, 0.717) is 24.2 Å². The van der Waals surface area contributed by atoms with E-state index in [0.717, 1.165) is 5.56 Å². The van der Waals surface area contributed by atoms with Gasteiger partial charge in [-0.1, -0.05) is 42.5 Å². The molecule has 0 heterocycles. The molecular weight excluding hydrogens is 348 g/mol. The fraction of sp³-hybridized carbons (Fsp3) is 0.250. The third-order valence-electron chi connectivity index (χ3n) is 3.61. The second-order valence-corrected chi connectivity index (χ2v) is 5.68. The van der Waals surface area contributed by atoms with Crippen molar-refractivity contribution < 1.29 is 23.9 Å². The van der Waals surface area contributed by atoms with E-state index in [2.05, 4.69) is 15.4 Å². The minimum atomic E-state index is -0.639. The van der Waals surface area contributed by atoms with Crippen LogP contribution in [0.5, 0.6) is 0 Å². The average Bonchev–Trinajstić information content (AvgIpc) is 2.68. The van der Waals surface area contributed by atoms with Gasteiger partial charge in [0, 0.05) is 13.7 Å². The maximum Gasteiger partial charge on any atom is 0.332 e. The van der Waals surface area contributed by atoms with Crippen LogP contribution in [0.4, 0.5) is 5.69 Å². The summed E-state index contributed by atoms with van der Waals surface area (Å²) in [6, 6.07) is 16.5. The first-order valence-corrected chi connectivity index (χ1v) is 8.45. The maximum absolute atomic E-state index is 12.4. The summed E-state index contributed by atoms with van der Waals surface area (Å²) < 4.78 is 9.37. The smallest absolute Gasteiger partial charge is 0.332 e. The number of amides is 2. The molecule has 0 unspecified atom stereocenters. The summed E-state index contributed by atoms with van der Waals surface area (Å²) in [4.78, 5) is 35.6. The van der Waals surface area contributed by atoms with Crippen molar-refractivity contribution in [3.8, 4) is 0 Å². The highest BCUT2D eigenvalue weighted by atomic mass is 16.6. The van der Waals surface area contributed by atoms with Crippen LogP contribution in [0, 0.1) is 0 Å². The highest BCUT2D eigenvalue weighted by Crippen LogP contribution is 2.15. The topological polar surface area (TPSA) is 93.7 Å². The second kappa shape index (κ2) is 10.7. The van der Waals surface area contributed by atoms with Crippen LogP contribution in [0.25, 0.3) is 0 Å². The van der Waals surface area contributed by atoms with Gasteiger partial charge in [0.1, 0.15) is 6.61 Å². The monoisotopic (exact) mass is 370 g/mol. The number of methoxy groups -OCH3 is 1. The molecule has 7 nitrogen and oxygen atoms in total. The van der Waals surface area contributed by atoms with Gasteiger partial charge in [0.25, 0.3) is 11.8 Å². The van der Waals surface area contributed by atoms with Gasteiger partial charge in [0.05, 0.1) is 11.3 Å². The van der Waals surface area contributed by atoms with Gasteiger partial charge >= 0.3 is 5.97 Å². The van der Waals surface area contributed by atoms with E-state index in [4.69, 9.17) is 4.74 Å². The molecule has 0 aromatic heterocycles. The molecule has 0 spiro atoms. The summed E-state index contributed by atoms with van der Waals surface area (Å²) >= 11 is 0. The van der Waals surface area contributed by atoms with E-state index >= 15 is 0 Å². The molecule has 2 rings (SSSR count). The maximum atomic E-state index is 12.4. The quantitative estimate of drug-likeness (QED) is 0.657. The fourth-order valence-electron chi connectivity index (χ4n) is 2.34. The van der Waals surface area contributed by atoms with Crippen LogP contribution in [0.3, 0.4) is 0 Å². The fourth-order valence-corrected chi connectivity index (χ4v) is 2.34. The minimum absolute atomic E-state index is 0.228. The first kappa shape index (κ1) is 20.1. The summed E-state index contributed by atoms with van der Waals surface area (Å²) in [6.45, 7) is -0.209. The number of benzene rings is 2. The van der Waals surface area contributed by atoms with Crippen molar-refractivity contribution in [1.82, 2.24) is 5.32 Å². The molecule has 7 heteroatoms. The van der Waals surface area contributed by atoms with Gasteiger partial charge in [-0.3, -0.25) is 9.59 Å². The summed E-state index contributed by atoms with van der Waals surface area (Å²) in [6.07, 6.45) is 0.705. The van der Waals surface area contributed by atoms with E-state index in [1.165, 1.54) is 7.11 Å². The Balaban J connectivity index is 1.89. The van der Waals surface area contributed by atoms with E-state index < -0.39 is 18.5 Å². The standard InChI is InChI=1S/C20H22N2O5/c1-26-14-19(24)27-13-18(23)22-17-10-6-5-9-16(17)20(25)21-12-11-15-7-3-2-4-8-15/h2-10H,11-14H2,1H3,(H,21,25)(H,22,23). The first-order chi connectivity index (χ1) is 13.1. The number of carbonyl (C=O) groups is 3. The SMILES string of the molecule is COCC(=O)OCC(=O)Nc1ccccc1C(=O)NCCc1ccccc1. The van der Waals surface area contributed by atoms with Crippen molar-refractivity contribution in [2.24, 2.45) is 0 Å². The normalized spacial score (nSPS) is 10.1. The molecule has 142 valence electrons. The first-order valence-electron chi connectivity index (χ1n) is 8.45. The lowest BCUT2D eigenvalue weighted by Gasteiger charge is -2.12. The van der Waals surface area contributed by atoms with Crippen LogP contribution in [-0.4, -0.2) is 44.7 Å². The van der Waals surface area contributed by atoms with Crippen molar-refractivity contribution in [2.45, 2.75) is 6.42 Å². The van der Waals surface area contributed by atoms with Gasteiger partial charge in [-0.25, -0.2) is 4.79 Å². The number of esters is 1. The molecule has 27 heavy (non-hydrogen) atoms. The number of hydrogen-bond acceptors (Lipinski definition) is 5. The lowest BCUT2D eigenvalue weighted by Crippen LogP contribution is -2.28. The van der Waals surface area contributed by atoms with Crippen LogP contribution >= 0.6 is 0 Å². The summed E-state index contributed by atoms with van der Waals surface area (Å²) in [7, 11) is 1.36. The van der Waals surface area contributed by atoms with Crippen molar-refractivity contribution >= 4 is 23.5 Å². The van der Waals surface area contributed by atoms with Crippen LogP contribution < -0.4 is 10.6 Å². The van der Waals surface area contributed by atoms with Crippen molar-refractivity contribution in [2.75, 3.05) is 32.2 Å². The highest BCUT2D eigenvalue weighted by Gasteiger charge is 2.14. The van der Waals surface area contributed by atoms with Gasteiger partial charge in [-0.2, -0.15) is 0 Å². The molecule has 0 saturated heterocycles. The van der Waals surface area contributed by atoms with Gasteiger partial charge in [-0.15, -0.1) is 0 Å². The molecule has 0 saturated carbocycles. The third-order valence-corrected chi connectivity index (χ3v) is 3.61. The molecule has 0 aliphatic heterocycles. The predicted molar refractivity (Wildman–Crippen MR) is 100 cm³/mol. The Bertz CT molecular complexity index is 777. The summed E-state index contributed by atoms with van der Waals surface area (Å²) in [5.74, 6) is -1.47. The molecule has 0 aliphatic rings. The van der Waals surface area contributed by atoms with E-state index in [9.17, 15) is 14.4 Å². The number of rotatable bonds is 9. The summed E-state index contributed by atoms with van der Waals surface area (Å²) in [5.41, 5.74) is 1.81. The molecule has 0 atom stereocenters. The molecule has 2 aromatic carbocycles. The Labute approximate surface area is 157 Å². The van der Waals surface area contributed by atoms with Crippen molar-refractivity contribution in [3.63, 3.8) is 0 Å². The van der Waals surface area contributed by atoms with E-state index in [1.807, 2.05) is 30.3 Å². The van der Waals surface area contributed by atoms with Crippen molar-refractivity contribution in [3.05, 3.63) is 65.7 Å². The van der Waals surface area contributed by atoms with Crippen LogP contribution in [0.15, 0.2) is 54.6 Å². The largest absolute Gasteiger partial charge is 0.454 e. The molecule has 0 radical (unpaired) electrons. The van der Waals surface area contributed by atoms with Gasteiger partial charge in [-0.05, 0) is 24.1 Å². The molecule has 2 N–H and O–H groups in total. The Morgan fingerprint density at radius 3 is 2.37 bits per heavy atom. The van der Waals surface area contributed by atoms with E-state index in [1.54, 1.807) is 24.3 Å². The molecule has 0 fully saturated rings. The zero-order valence-corrected chi connectivity index (χ0v) is 15.1. The van der Waals surface area contributed by atoms with Crippen LogP contribution in [-0.2, 0) is 25.5 Å². The minimum Gasteiger partial charge on any atom is -0.454 e. The predicted octanol–water partition coefficient (Wildman–Crippen LogP) is 1.79. The Morgan fingerprint density at radius 1 is 0.926 bits per heavy atom. The highest BCUT2D eigenvalue weighted by molar-refractivity contribution is 6.04. The van der Waals surface area contributed by atoms with Crippen LogP contribution in [0.1, 0.15) is 15.9 Å². The Morgan fingerprint density at radius 2 is 1.63 bits per heavy atom. The van der Waals surface area contributed by atoms with E-state index in [-0.39, 0.29) is 12.5 Å². The average molecular weight is 370 g/mol. The number of nitrogens with one attached hydrogen (secondary N) is 2. The van der Waals surface area contributed by atoms with Gasteiger partial charge in [0.15, 0.2) is 6.61 Å². The lowest BCUT2D eigenvalue weighted by molar-refractivity contribution is -0.150. The lowest BCUT2D eigenvalue weighted by atomic mass is 10.1. The summed E-state index contributed by atoms with van der Waals surface area (Å²) in [5, 5.41) is 5.42.